The van der Waals surface area contributed by atoms with Gasteiger partial charge in [0.1, 0.15) is 5.75 Å². The Labute approximate surface area is 154 Å². The van der Waals surface area contributed by atoms with Crippen LogP contribution in [-0.4, -0.2) is 17.9 Å². The standard InChI is InChI=1S/C21H27NO2S/c1-24-20-11-5-4-9-18(20)15-22(16-19-10-6-14-25-19)21(23)13-12-17-7-2-3-8-17/h4-6,9-11,14,17H,2-3,7-8,12-13,15-16H2,1H3. The fourth-order valence-electron chi connectivity index (χ4n) is 3.65. The number of hydrogen-bond acceptors (Lipinski definition) is 3. The number of thiophene rings is 1. The van der Waals surface area contributed by atoms with Crippen molar-refractivity contribution >= 4 is 17.2 Å². The number of benzene rings is 1. The molecule has 4 heteroatoms. The highest BCUT2D eigenvalue weighted by atomic mass is 32.1. The molecule has 1 saturated carbocycles. The molecular formula is C21H27NO2S. The summed E-state index contributed by atoms with van der Waals surface area (Å²) < 4.78 is 5.47. The van der Waals surface area contributed by atoms with E-state index in [1.165, 1.54) is 30.6 Å². The molecule has 0 saturated heterocycles. The third kappa shape index (κ3) is 5.08. The topological polar surface area (TPSA) is 29.5 Å². The summed E-state index contributed by atoms with van der Waals surface area (Å²) in [6, 6.07) is 12.1. The van der Waals surface area contributed by atoms with Crippen molar-refractivity contribution in [3.05, 3.63) is 52.2 Å². The van der Waals surface area contributed by atoms with Gasteiger partial charge in [-0.2, -0.15) is 0 Å². The number of hydrogen-bond donors (Lipinski definition) is 0. The summed E-state index contributed by atoms with van der Waals surface area (Å²) in [5.41, 5.74) is 1.07. The normalized spacial score (nSPS) is 14.6. The first-order valence-corrected chi connectivity index (χ1v) is 10.1. The van der Waals surface area contributed by atoms with E-state index in [2.05, 4.69) is 11.4 Å². The molecule has 0 aliphatic heterocycles. The van der Waals surface area contributed by atoms with Crippen LogP contribution < -0.4 is 4.74 Å². The van der Waals surface area contributed by atoms with Gasteiger partial charge in [-0.15, -0.1) is 11.3 Å². The first-order valence-electron chi connectivity index (χ1n) is 9.18. The molecule has 1 fully saturated rings. The van der Waals surface area contributed by atoms with Crippen molar-refractivity contribution in [2.24, 2.45) is 5.92 Å². The molecule has 0 bridgehead atoms. The van der Waals surface area contributed by atoms with Crippen LogP contribution in [0.3, 0.4) is 0 Å². The molecule has 25 heavy (non-hydrogen) atoms. The highest BCUT2D eigenvalue weighted by molar-refractivity contribution is 7.09. The number of carbonyl (C=O) groups excluding carboxylic acids is 1. The predicted molar refractivity (Wildman–Crippen MR) is 103 cm³/mol. The number of rotatable bonds is 8. The van der Waals surface area contributed by atoms with Crippen LogP contribution >= 0.6 is 11.3 Å². The van der Waals surface area contributed by atoms with Crippen LogP contribution in [0.25, 0.3) is 0 Å². The molecule has 1 aromatic heterocycles. The number of para-hydroxylation sites is 1. The van der Waals surface area contributed by atoms with Gasteiger partial charge in [-0.1, -0.05) is 49.9 Å². The number of nitrogens with zero attached hydrogens (tertiary/aromatic N) is 1. The average Bonchev–Trinajstić information content (AvgIpc) is 3.33. The lowest BCUT2D eigenvalue weighted by Gasteiger charge is -2.24. The molecule has 0 N–H and O–H groups in total. The van der Waals surface area contributed by atoms with Crippen molar-refractivity contribution in [1.29, 1.82) is 0 Å². The number of amides is 1. The molecule has 1 heterocycles. The molecule has 0 atom stereocenters. The van der Waals surface area contributed by atoms with Crippen molar-refractivity contribution in [2.75, 3.05) is 7.11 Å². The Kier molecular flexibility index (Phi) is 6.51. The smallest absolute Gasteiger partial charge is 0.223 e. The molecule has 3 nitrogen and oxygen atoms in total. The van der Waals surface area contributed by atoms with Gasteiger partial charge < -0.3 is 9.64 Å². The molecule has 3 rings (SSSR count). The quantitative estimate of drug-likeness (QED) is 0.645. The van der Waals surface area contributed by atoms with E-state index >= 15 is 0 Å². The fraction of sp³-hybridized carbons (Fsp3) is 0.476. The first kappa shape index (κ1) is 18.0. The van der Waals surface area contributed by atoms with E-state index in [1.807, 2.05) is 35.2 Å². The summed E-state index contributed by atoms with van der Waals surface area (Å²) in [6.07, 6.45) is 6.95. The monoisotopic (exact) mass is 357 g/mol. The van der Waals surface area contributed by atoms with Crippen molar-refractivity contribution in [3.8, 4) is 5.75 Å². The third-order valence-electron chi connectivity index (χ3n) is 5.07. The maximum atomic E-state index is 12.9. The van der Waals surface area contributed by atoms with E-state index in [1.54, 1.807) is 18.4 Å². The molecule has 1 aliphatic carbocycles. The van der Waals surface area contributed by atoms with E-state index < -0.39 is 0 Å². The summed E-state index contributed by atoms with van der Waals surface area (Å²) in [5, 5.41) is 2.07. The van der Waals surface area contributed by atoms with E-state index in [9.17, 15) is 4.79 Å². The Hall–Kier alpha value is -1.81. The van der Waals surface area contributed by atoms with Gasteiger partial charge in [-0.3, -0.25) is 4.79 Å². The first-order chi connectivity index (χ1) is 12.3. The van der Waals surface area contributed by atoms with Gasteiger partial charge >= 0.3 is 0 Å². The Balaban J connectivity index is 1.68. The molecule has 0 spiro atoms. The largest absolute Gasteiger partial charge is 0.496 e. The number of methoxy groups -OCH3 is 1. The lowest BCUT2D eigenvalue weighted by atomic mass is 10.0. The Morgan fingerprint density at radius 3 is 2.68 bits per heavy atom. The average molecular weight is 358 g/mol. The second-order valence-electron chi connectivity index (χ2n) is 6.83. The van der Waals surface area contributed by atoms with Crippen LogP contribution in [0, 0.1) is 5.92 Å². The van der Waals surface area contributed by atoms with Gasteiger partial charge in [0.05, 0.1) is 13.7 Å². The second-order valence-corrected chi connectivity index (χ2v) is 7.86. The van der Waals surface area contributed by atoms with E-state index in [4.69, 9.17) is 4.74 Å². The van der Waals surface area contributed by atoms with Crippen molar-refractivity contribution in [3.63, 3.8) is 0 Å². The van der Waals surface area contributed by atoms with Crippen LogP contribution in [0.4, 0.5) is 0 Å². The van der Waals surface area contributed by atoms with Crippen LogP contribution in [0.5, 0.6) is 5.75 Å². The molecule has 1 aromatic carbocycles. The summed E-state index contributed by atoms with van der Waals surface area (Å²) >= 11 is 1.71. The Bertz CT molecular complexity index is 662. The number of carbonyl (C=O) groups is 1. The minimum absolute atomic E-state index is 0.256. The van der Waals surface area contributed by atoms with Gasteiger partial charge in [0, 0.05) is 23.4 Å². The van der Waals surface area contributed by atoms with Crippen molar-refractivity contribution in [1.82, 2.24) is 4.90 Å². The van der Waals surface area contributed by atoms with Crippen LogP contribution in [0.15, 0.2) is 41.8 Å². The van der Waals surface area contributed by atoms with E-state index in [-0.39, 0.29) is 5.91 Å². The lowest BCUT2D eigenvalue weighted by molar-refractivity contribution is -0.132. The summed E-state index contributed by atoms with van der Waals surface area (Å²) in [6.45, 7) is 1.28. The highest BCUT2D eigenvalue weighted by Gasteiger charge is 2.20. The third-order valence-corrected chi connectivity index (χ3v) is 5.94. The molecule has 134 valence electrons. The summed E-state index contributed by atoms with van der Waals surface area (Å²) in [4.78, 5) is 16.1. The van der Waals surface area contributed by atoms with Crippen molar-refractivity contribution in [2.45, 2.75) is 51.6 Å². The van der Waals surface area contributed by atoms with Gasteiger partial charge in [0.25, 0.3) is 0 Å². The maximum Gasteiger partial charge on any atom is 0.223 e. The molecule has 0 radical (unpaired) electrons. The van der Waals surface area contributed by atoms with Gasteiger partial charge in [-0.05, 0) is 29.9 Å². The zero-order chi connectivity index (χ0) is 17.5. The SMILES string of the molecule is COc1ccccc1CN(Cc1cccs1)C(=O)CCC1CCCC1. The zero-order valence-corrected chi connectivity index (χ0v) is 15.8. The molecule has 1 aliphatic rings. The minimum Gasteiger partial charge on any atom is -0.496 e. The number of ether oxygens (including phenoxy) is 1. The Morgan fingerprint density at radius 1 is 1.16 bits per heavy atom. The van der Waals surface area contributed by atoms with Crippen molar-refractivity contribution < 1.29 is 9.53 Å². The van der Waals surface area contributed by atoms with Crippen LogP contribution in [0.1, 0.15) is 49.0 Å². The van der Waals surface area contributed by atoms with E-state index in [0.717, 1.165) is 23.7 Å². The molecule has 0 unspecified atom stereocenters. The van der Waals surface area contributed by atoms with Gasteiger partial charge in [0.2, 0.25) is 5.91 Å². The maximum absolute atomic E-state index is 12.9. The fourth-order valence-corrected chi connectivity index (χ4v) is 4.37. The molecule has 2 aromatic rings. The summed E-state index contributed by atoms with van der Waals surface area (Å²) in [7, 11) is 1.68. The predicted octanol–water partition coefficient (Wildman–Crippen LogP) is 5.26. The molecule has 1 amide bonds. The second kappa shape index (κ2) is 9.04. The lowest BCUT2D eigenvalue weighted by Crippen LogP contribution is -2.30. The Morgan fingerprint density at radius 2 is 1.96 bits per heavy atom. The van der Waals surface area contributed by atoms with Crippen LogP contribution in [0.2, 0.25) is 0 Å². The highest BCUT2D eigenvalue weighted by Crippen LogP contribution is 2.29. The van der Waals surface area contributed by atoms with Crippen LogP contribution in [-0.2, 0) is 17.9 Å². The van der Waals surface area contributed by atoms with E-state index in [0.29, 0.717) is 19.5 Å². The zero-order valence-electron chi connectivity index (χ0n) is 14.9. The summed E-state index contributed by atoms with van der Waals surface area (Å²) in [5.74, 6) is 1.85. The minimum atomic E-state index is 0.256. The van der Waals surface area contributed by atoms with Gasteiger partial charge in [0.15, 0.2) is 0 Å². The molecular weight excluding hydrogens is 330 g/mol. The van der Waals surface area contributed by atoms with Gasteiger partial charge in [-0.25, -0.2) is 0 Å².